The van der Waals surface area contributed by atoms with E-state index in [9.17, 15) is 22.4 Å². The van der Waals surface area contributed by atoms with Gasteiger partial charge in [-0.3, -0.25) is 0 Å². The third-order valence-electron chi connectivity index (χ3n) is 2.65. The fourth-order valence-corrected chi connectivity index (χ4v) is 2.13. The standard InChI is InChI=1S/C13H8ClF4NO2/c1-2-21-12(20)8-9(14)6-4-3-5-7(15)10(6)19-11(8)13(16,17)18/h3-5H,2H2,1H3. The number of fused-ring (bicyclic) bond motifs is 1. The van der Waals surface area contributed by atoms with Crippen LogP contribution in [0.15, 0.2) is 18.2 Å². The molecule has 2 aromatic rings. The van der Waals surface area contributed by atoms with Gasteiger partial charge in [0.25, 0.3) is 0 Å². The molecular weight excluding hydrogens is 314 g/mol. The average molecular weight is 322 g/mol. The third-order valence-corrected chi connectivity index (χ3v) is 3.04. The van der Waals surface area contributed by atoms with Gasteiger partial charge in [-0.1, -0.05) is 23.7 Å². The fraction of sp³-hybridized carbons (Fsp3) is 0.231. The molecule has 1 heterocycles. The lowest BCUT2D eigenvalue weighted by Gasteiger charge is -2.14. The number of esters is 1. The first kappa shape index (κ1) is 15.5. The quantitative estimate of drug-likeness (QED) is 0.614. The van der Waals surface area contributed by atoms with E-state index in [1.54, 1.807) is 0 Å². The molecule has 8 heteroatoms. The van der Waals surface area contributed by atoms with Gasteiger partial charge in [0, 0.05) is 5.39 Å². The number of benzene rings is 1. The summed E-state index contributed by atoms with van der Waals surface area (Å²) in [6, 6.07) is 3.49. The van der Waals surface area contributed by atoms with Crippen molar-refractivity contribution in [2.45, 2.75) is 13.1 Å². The number of alkyl halides is 3. The van der Waals surface area contributed by atoms with Crippen LogP contribution in [0.25, 0.3) is 10.9 Å². The Bertz CT molecular complexity index is 715. The highest BCUT2D eigenvalue weighted by molar-refractivity contribution is 6.38. The molecule has 0 saturated carbocycles. The van der Waals surface area contributed by atoms with Crippen LogP contribution in [0.2, 0.25) is 5.02 Å². The zero-order valence-electron chi connectivity index (χ0n) is 10.6. The Kier molecular flexibility index (Phi) is 4.04. The van der Waals surface area contributed by atoms with Crippen LogP contribution >= 0.6 is 11.6 Å². The van der Waals surface area contributed by atoms with Crippen molar-refractivity contribution in [2.24, 2.45) is 0 Å². The molecule has 3 nitrogen and oxygen atoms in total. The molecule has 0 atom stereocenters. The maximum Gasteiger partial charge on any atom is 0.434 e. The molecule has 112 valence electrons. The van der Waals surface area contributed by atoms with Crippen molar-refractivity contribution in [3.8, 4) is 0 Å². The molecule has 0 bridgehead atoms. The number of hydrogen-bond acceptors (Lipinski definition) is 3. The van der Waals surface area contributed by atoms with Crippen LogP contribution in [0.5, 0.6) is 0 Å². The number of carbonyl (C=O) groups is 1. The molecule has 0 fully saturated rings. The van der Waals surface area contributed by atoms with E-state index in [-0.39, 0.29) is 12.0 Å². The zero-order valence-corrected chi connectivity index (χ0v) is 11.3. The second-order valence-corrected chi connectivity index (χ2v) is 4.38. The lowest BCUT2D eigenvalue weighted by molar-refractivity contribution is -0.141. The molecule has 0 aliphatic rings. The van der Waals surface area contributed by atoms with Crippen LogP contribution < -0.4 is 0 Å². The number of ether oxygens (including phenoxy) is 1. The molecule has 21 heavy (non-hydrogen) atoms. The summed E-state index contributed by atoms with van der Waals surface area (Å²) in [5, 5.41) is -0.627. The summed E-state index contributed by atoms with van der Waals surface area (Å²) in [6.07, 6.45) is -4.97. The van der Waals surface area contributed by atoms with E-state index in [0.29, 0.717) is 0 Å². The van der Waals surface area contributed by atoms with Gasteiger partial charge in [0.15, 0.2) is 5.69 Å². The molecule has 0 radical (unpaired) electrons. The van der Waals surface area contributed by atoms with E-state index in [1.807, 2.05) is 0 Å². The Labute approximate surface area is 121 Å². The van der Waals surface area contributed by atoms with Gasteiger partial charge in [0.1, 0.15) is 16.9 Å². The first-order valence-electron chi connectivity index (χ1n) is 5.79. The molecular formula is C13H8ClF4NO2. The summed E-state index contributed by atoms with van der Waals surface area (Å²) in [5.41, 5.74) is -3.03. The number of halogens is 5. The molecule has 0 N–H and O–H groups in total. The first-order valence-corrected chi connectivity index (χ1v) is 6.17. The van der Waals surface area contributed by atoms with Gasteiger partial charge >= 0.3 is 12.1 Å². The Hall–Kier alpha value is -1.89. The van der Waals surface area contributed by atoms with Gasteiger partial charge in [-0.25, -0.2) is 14.2 Å². The van der Waals surface area contributed by atoms with Crippen molar-refractivity contribution in [1.29, 1.82) is 0 Å². The van der Waals surface area contributed by atoms with Gasteiger partial charge in [0.2, 0.25) is 0 Å². The van der Waals surface area contributed by atoms with E-state index in [4.69, 9.17) is 11.6 Å². The summed E-state index contributed by atoms with van der Waals surface area (Å²) >= 11 is 5.85. The molecule has 0 aliphatic heterocycles. The smallest absolute Gasteiger partial charge is 0.434 e. The van der Waals surface area contributed by atoms with E-state index < -0.39 is 39.8 Å². The zero-order chi connectivity index (χ0) is 15.8. The summed E-state index contributed by atoms with van der Waals surface area (Å²) in [6.45, 7) is 1.31. The van der Waals surface area contributed by atoms with Crippen LogP contribution in [-0.2, 0) is 10.9 Å². The molecule has 0 aliphatic carbocycles. The van der Waals surface area contributed by atoms with Crippen LogP contribution in [0.4, 0.5) is 17.6 Å². The van der Waals surface area contributed by atoms with Crippen LogP contribution in [0.1, 0.15) is 23.0 Å². The second kappa shape index (κ2) is 5.48. The largest absolute Gasteiger partial charge is 0.462 e. The van der Waals surface area contributed by atoms with E-state index in [2.05, 4.69) is 9.72 Å². The first-order chi connectivity index (χ1) is 9.77. The van der Waals surface area contributed by atoms with Crippen molar-refractivity contribution < 1.29 is 27.1 Å². The monoisotopic (exact) mass is 321 g/mol. The Morgan fingerprint density at radius 2 is 2.05 bits per heavy atom. The van der Waals surface area contributed by atoms with E-state index in [0.717, 1.165) is 6.07 Å². The average Bonchev–Trinajstić information content (AvgIpc) is 2.38. The Morgan fingerprint density at radius 3 is 2.62 bits per heavy atom. The number of hydrogen-bond donors (Lipinski definition) is 0. The summed E-state index contributed by atoms with van der Waals surface area (Å²) in [5.74, 6) is -2.22. The predicted octanol–water partition coefficient (Wildman–Crippen LogP) is 4.22. The van der Waals surface area contributed by atoms with E-state index in [1.165, 1.54) is 19.1 Å². The molecule has 2 rings (SSSR count). The highest BCUT2D eigenvalue weighted by Gasteiger charge is 2.40. The molecule has 0 saturated heterocycles. The van der Waals surface area contributed by atoms with Crippen molar-refractivity contribution >= 4 is 28.5 Å². The maximum absolute atomic E-state index is 13.6. The minimum atomic E-state index is -4.97. The molecule has 0 amide bonds. The highest BCUT2D eigenvalue weighted by atomic mass is 35.5. The van der Waals surface area contributed by atoms with Crippen molar-refractivity contribution in [2.75, 3.05) is 6.61 Å². The van der Waals surface area contributed by atoms with Gasteiger partial charge < -0.3 is 4.74 Å². The number of nitrogens with zero attached hydrogens (tertiary/aromatic N) is 1. The van der Waals surface area contributed by atoms with Gasteiger partial charge in [-0.2, -0.15) is 13.2 Å². The number of pyridine rings is 1. The van der Waals surface area contributed by atoms with Crippen molar-refractivity contribution in [3.05, 3.63) is 40.3 Å². The summed E-state index contributed by atoms with van der Waals surface area (Å²) in [4.78, 5) is 14.9. The van der Waals surface area contributed by atoms with Gasteiger partial charge in [-0.05, 0) is 13.0 Å². The summed E-state index contributed by atoms with van der Waals surface area (Å²) in [7, 11) is 0. The second-order valence-electron chi connectivity index (χ2n) is 4.00. The molecule has 0 spiro atoms. The minimum Gasteiger partial charge on any atom is -0.462 e. The summed E-state index contributed by atoms with van der Waals surface area (Å²) < 4.78 is 57.3. The number of para-hydroxylation sites is 1. The maximum atomic E-state index is 13.6. The van der Waals surface area contributed by atoms with Crippen molar-refractivity contribution in [1.82, 2.24) is 4.98 Å². The molecule has 0 unspecified atom stereocenters. The lowest BCUT2D eigenvalue weighted by Crippen LogP contribution is -2.18. The van der Waals surface area contributed by atoms with Gasteiger partial charge in [0.05, 0.1) is 11.6 Å². The minimum absolute atomic E-state index is 0.0901. The normalized spacial score (nSPS) is 11.7. The third kappa shape index (κ3) is 2.78. The van der Waals surface area contributed by atoms with Crippen LogP contribution in [0, 0.1) is 5.82 Å². The van der Waals surface area contributed by atoms with E-state index >= 15 is 0 Å². The Morgan fingerprint density at radius 1 is 1.38 bits per heavy atom. The molecule has 1 aromatic carbocycles. The fourth-order valence-electron chi connectivity index (χ4n) is 1.81. The van der Waals surface area contributed by atoms with Crippen LogP contribution in [-0.4, -0.2) is 17.6 Å². The highest BCUT2D eigenvalue weighted by Crippen LogP contribution is 2.38. The SMILES string of the molecule is CCOC(=O)c1c(C(F)(F)F)nc2c(F)cccc2c1Cl. The number of aromatic nitrogens is 1. The van der Waals surface area contributed by atoms with Crippen molar-refractivity contribution in [3.63, 3.8) is 0 Å². The topological polar surface area (TPSA) is 39.2 Å². The lowest BCUT2D eigenvalue weighted by atomic mass is 10.1. The Balaban J connectivity index is 2.87. The number of rotatable bonds is 2. The molecule has 1 aromatic heterocycles. The number of carbonyl (C=O) groups excluding carboxylic acids is 1. The van der Waals surface area contributed by atoms with Crippen LogP contribution in [0.3, 0.4) is 0 Å². The predicted molar refractivity (Wildman–Crippen MR) is 67.7 cm³/mol. The van der Waals surface area contributed by atoms with Gasteiger partial charge in [-0.15, -0.1) is 0 Å².